The van der Waals surface area contributed by atoms with Crippen molar-refractivity contribution in [2.45, 2.75) is 33.6 Å². The van der Waals surface area contributed by atoms with E-state index in [9.17, 15) is 0 Å². The normalized spacial score (nSPS) is 16.9. The fourth-order valence-electron chi connectivity index (χ4n) is 2.76. The van der Waals surface area contributed by atoms with Crippen LogP contribution in [0.1, 0.15) is 43.9 Å². The molecule has 1 aromatic carbocycles. The largest absolute Gasteiger partial charge is 0.494 e. The Labute approximate surface area is 124 Å². The summed E-state index contributed by atoms with van der Waals surface area (Å²) in [4.78, 5) is 0. The molecule has 0 saturated heterocycles. The number of benzene rings is 1. The van der Waals surface area contributed by atoms with Crippen molar-refractivity contribution >= 4 is 27.3 Å². The van der Waals surface area contributed by atoms with Crippen molar-refractivity contribution in [3.63, 3.8) is 0 Å². The zero-order valence-electron chi connectivity index (χ0n) is 12.0. The van der Waals surface area contributed by atoms with Gasteiger partial charge in [0.05, 0.1) is 6.61 Å². The minimum atomic E-state index is 0.283. The molecule has 1 aromatic rings. The van der Waals surface area contributed by atoms with Crippen LogP contribution in [0.4, 0.5) is 0 Å². The first-order chi connectivity index (χ1) is 8.84. The van der Waals surface area contributed by atoms with Gasteiger partial charge in [-0.1, -0.05) is 42.9 Å². The number of hydrogen-bond acceptors (Lipinski definition) is 1. The molecule has 0 atom stereocenters. The summed E-state index contributed by atoms with van der Waals surface area (Å²) in [7, 11) is 0. The highest BCUT2D eigenvalue weighted by atomic mass is 79.9. The van der Waals surface area contributed by atoms with Crippen LogP contribution in [0.2, 0.25) is 0 Å². The molecule has 2 rings (SSSR count). The molecule has 0 radical (unpaired) electrons. The first-order valence-corrected chi connectivity index (χ1v) is 7.46. The van der Waals surface area contributed by atoms with Gasteiger partial charge in [-0.2, -0.15) is 0 Å². The summed E-state index contributed by atoms with van der Waals surface area (Å²) < 4.78 is 6.64. The molecule has 0 fully saturated rings. The van der Waals surface area contributed by atoms with Crippen LogP contribution in [0.15, 0.2) is 29.8 Å². The summed E-state index contributed by atoms with van der Waals surface area (Å²) in [6, 6.07) is 4.27. The van der Waals surface area contributed by atoms with Gasteiger partial charge < -0.3 is 4.74 Å². The first-order valence-electron chi connectivity index (χ1n) is 6.66. The van der Waals surface area contributed by atoms with E-state index in [-0.39, 0.29) is 5.41 Å². The molecule has 0 bridgehead atoms. The van der Waals surface area contributed by atoms with Gasteiger partial charge in [0.15, 0.2) is 0 Å². The lowest BCUT2D eigenvalue weighted by Crippen LogP contribution is -2.21. The third-order valence-electron chi connectivity index (χ3n) is 3.56. The van der Waals surface area contributed by atoms with E-state index in [4.69, 9.17) is 4.74 Å². The molecule has 2 heteroatoms. The highest BCUT2D eigenvalue weighted by Crippen LogP contribution is 2.44. The Hall–Kier alpha value is -1.02. The number of fused-ring (bicyclic) bond motifs is 1. The Morgan fingerprint density at radius 1 is 1.37 bits per heavy atom. The van der Waals surface area contributed by atoms with Crippen LogP contribution in [0.3, 0.4) is 0 Å². The maximum absolute atomic E-state index is 5.51. The Bertz CT molecular complexity index is 540. The summed E-state index contributed by atoms with van der Waals surface area (Å²) in [5.41, 5.74) is 5.13. The molecule has 0 N–H and O–H groups in total. The lowest BCUT2D eigenvalue weighted by molar-refractivity contribution is 0.299. The van der Waals surface area contributed by atoms with Gasteiger partial charge in [0.25, 0.3) is 0 Å². The molecule has 0 aromatic heterocycles. The van der Waals surface area contributed by atoms with Crippen LogP contribution in [-0.2, 0) is 11.2 Å². The standard InChI is InChI=1S/C17H21BrO/c1-6-19-12(3)13-7-14-11(2)9-17(4,5)10-15(14)16(18)8-13/h7-8H,2-3,6,9-10H2,1,4-5H3. The van der Waals surface area contributed by atoms with Crippen LogP contribution in [0.5, 0.6) is 0 Å². The molecule has 102 valence electrons. The number of hydrogen-bond donors (Lipinski definition) is 0. The van der Waals surface area contributed by atoms with Gasteiger partial charge in [0.1, 0.15) is 5.76 Å². The maximum Gasteiger partial charge on any atom is 0.119 e. The molecule has 0 heterocycles. The minimum absolute atomic E-state index is 0.283. The first kappa shape index (κ1) is 14.4. The van der Waals surface area contributed by atoms with Crippen molar-refractivity contribution in [1.29, 1.82) is 0 Å². The Morgan fingerprint density at radius 3 is 2.68 bits per heavy atom. The predicted molar refractivity (Wildman–Crippen MR) is 85.9 cm³/mol. The van der Waals surface area contributed by atoms with E-state index in [0.717, 1.165) is 28.6 Å². The quantitative estimate of drug-likeness (QED) is 0.673. The minimum Gasteiger partial charge on any atom is -0.494 e. The van der Waals surface area contributed by atoms with E-state index in [2.05, 4.69) is 55.1 Å². The molecule has 1 nitrogen and oxygen atoms in total. The van der Waals surface area contributed by atoms with Gasteiger partial charge >= 0.3 is 0 Å². The third kappa shape index (κ3) is 2.94. The SMILES string of the molecule is C=C(OCC)c1cc(Br)c2c(c1)C(=C)CC(C)(C)C2. The smallest absolute Gasteiger partial charge is 0.119 e. The van der Waals surface area contributed by atoms with Gasteiger partial charge in [-0.15, -0.1) is 0 Å². The van der Waals surface area contributed by atoms with E-state index >= 15 is 0 Å². The second-order valence-corrected chi connectivity index (χ2v) is 6.82. The lowest BCUT2D eigenvalue weighted by atomic mass is 9.72. The van der Waals surface area contributed by atoms with Crippen LogP contribution >= 0.6 is 15.9 Å². The second kappa shape index (κ2) is 5.16. The zero-order valence-corrected chi connectivity index (χ0v) is 13.6. The van der Waals surface area contributed by atoms with Crippen LogP contribution < -0.4 is 0 Å². The van der Waals surface area contributed by atoms with E-state index in [1.807, 2.05) is 6.92 Å². The van der Waals surface area contributed by atoms with Gasteiger partial charge in [0.2, 0.25) is 0 Å². The molecule has 1 aliphatic carbocycles. The van der Waals surface area contributed by atoms with E-state index in [1.165, 1.54) is 16.7 Å². The third-order valence-corrected chi connectivity index (χ3v) is 4.27. The average molecular weight is 321 g/mol. The number of ether oxygens (including phenoxy) is 1. The highest BCUT2D eigenvalue weighted by molar-refractivity contribution is 9.10. The molecule has 0 aliphatic heterocycles. The van der Waals surface area contributed by atoms with Crippen molar-refractivity contribution in [3.05, 3.63) is 46.5 Å². The molecule has 0 spiro atoms. The summed E-state index contributed by atoms with van der Waals surface area (Å²) in [5.74, 6) is 0.726. The highest BCUT2D eigenvalue weighted by Gasteiger charge is 2.29. The molecule has 0 saturated carbocycles. The van der Waals surface area contributed by atoms with Crippen LogP contribution in [-0.4, -0.2) is 6.61 Å². The summed E-state index contributed by atoms with van der Waals surface area (Å²) in [6.07, 6.45) is 2.11. The fourth-order valence-corrected chi connectivity index (χ4v) is 3.36. The average Bonchev–Trinajstić information content (AvgIpc) is 2.29. The van der Waals surface area contributed by atoms with Gasteiger partial charge in [0, 0.05) is 10.0 Å². The Morgan fingerprint density at radius 2 is 2.05 bits per heavy atom. The van der Waals surface area contributed by atoms with Crippen molar-refractivity contribution in [2.75, 3.05) is 6.61 Å². The van der Waals surface area contributed by atoms with Crippen molar-refractivity contribution in [3.8, 4) is 0 Å². The Balaban J connectivity index is 2.48. The second-order valence-electron chi connectivity index (χ2n) is 5.96. The van der Waals surface area contributed by atoms with Crippen LogP contribution in [0, 0.1) is 5.41 Å². The predicted octanol–water partition coefficient (Wildman–Crippen LogP) is 5.44. The molecular formula is C17H21BrO. The van der Waals surface area contributed by atoms with Crippen LogP contribution in [0.25, 0.3) is 11.3 Å². The summed E-state index contributed by atoms with van der Waals surface area (Å²) >= 11 is 3.69. The summed E-state index contributed by atoms with van der Waals surface area (Å²) in [5, 5.41) is 0. The molecule has 0 amide bonds. The van der Waals surface area contributed by atoms with Crippen molar-refractivity contribution in [2.24, 2.45) is 5.41 Å². The van der Waals surface area contributed by atoms with E-state index in [0.29, 0.717) is 6.61 Å². The van der Waals surface area contributed by atoms with Crippen molar-refractivity contribution in [1.82, 2.24) is 0 Å². The van der Waals surface area contributed by atoms with Gasteiger partial charge in [-0.25, -0.2) is 0 Å². The molecular weight excluding hydrogens is 300 g/mol. The molecule has 1 aliphatic rings. The molecule has 19 heavy (non-hydrogen) atoms. The zero-order chi connectivity index (χ0) is 14.2. The molecule has 0 unspecified atom stereocenters. The van der Waals surface area contributed by atoms with E-state index < -0.39 is 0 Å². The van der Waals surface area contributed by atoms with Gasteiger partial charge in [-0.05, 0) is 54.0 Å². The van der Waals surface area contributed by atoms with Crippen molar-refractivity contribution < 1.29 is 4.74 Å². The lowest BCUT2D eigenvalue weighted by Gasteiger charge is -2.34. The van der Waals surface area contributed by atoms with E-state index in [1.54, 1.807) is 0 Å². The number of rotatable bonds is 3. The number of allylic oxidation sites excluding steroid dienone is 1. The summed E-state index contributed by atoms with van der Waals surface area (Å²) in [6.45, 7) is 15.4. The fraction of sp³-hybridized carbons (Fsp3) is 0.412. The monoisotopic (exact) mass is 320 g/mol. The maximum atomic E-state index is 5.51. The Kier molecular flexibility index (Phi) is 3.91. The topological polar surface area (TPSA) is 9.23 Å². The van der Waals surface area contributed by atoms with Gasteiger partial charge in [-0.3, -0.25) is 0 Å². The number of halogens is 1.